The average molecular weight is 472 g/mol. The normalized spacial score (nSPS) is 12.0. The van der Waals surface area contributed by atoms with Gasteiger partial charge in [0.2, 0.25) is 10.6 Å². The molecule has 3 heterocycles. The molecule has 5 rings (SSSR count). The summed E-state index contributed by atoms with van der Waals surface area (Å²) in [4.78, 5) is 19.0. The Bertz CT molecular complexity index is 1480. The fourth-order valence-electron chi connectivity index (χ4n) is 3.08. The lowest BCUT2D eigenvalue weighted by Gasteiger charge is -1.99. The number of rotatable bonds is 6. The number of hydrogen-bond donors (Lipinski definition) is 0. The van der Waals surface area contributed by atoms with E-state index in [-0.39, 0.29) is 5.78 Å². The number of benzene rings is 2. The van der Waals surface area contributed by atoms with Crippen LogP contribution < -0.4 is 4.80 Å². The van der Waals surface area contributed by atoms with Gasteiger partial charge in [0.1, 0.15) is 15.6 Å². The van der Waals surface area contributed by atoms with E-state index in [0.717, 1.165) is 16.3 Å². The van der Waals surface area contributed by atoms with Gasteiger partial charge in [-0.05, 0) is 31.2 Å². The Kier molecular flexibility index (Phi) is 5.88. The molecule has 0 aliphatic carbocycles. The van der Waals surface area contributed by atoms with Gasteiger partial charge < -0.3 is 4.42 Å². The number of furan rings is 1. The molecule has 0 amide bonds. The van der Waals surface area contributed by atoms with E-state index >= 15 is 0 Å². The molecule has 162 valence electrons. The molecule has 9 heteroatoms. The molecular formula is C24H17N5O2S2. The second-order valence-corrected chi connectivity index (χ2v) is 8.88. The number of thiazole rings is 1. The minimum atomic E-state index is -0.182. The standard InChI is InChI=1S/C24H17N5O2S2/c1-16-21(32-22(26-16)17-9-4-2-5-10-17)20(30)23-28-29(18-11-6-3-7-12-18)24(33-23)27-25-15-19-13-8-14-31-19/h2-15H,1H3/b25-15+,27-24-. The van der Waals surface area contributed by atoms with Crippen molar-refractivity contribution in [3.8, 4) is 16.3 Å². The Balaban J connectivity index is 1.54. The van der Waals surface area contributed by atoms with Crippen molar-refractivity contribution in [3.05, 3.63) is 105 Å². The maximum atomic E-state index is 13.4. The van der Waals surface area contributed by atoms with Crippen LogP contribution in [-0.4, -0.2) is 26.8 Å². The van der Waals surface area contributed by atoms with Crippen LogP contribution in [0.15, 0.2) is 93.7 Å². The Labute approximate surface area is 197 Å². The third-order valence-electron chi connectivity index (χ3n) is 4.65. The van der Waals surface area contributed by atoms with Gasteiger partial charge in [-0.2, -0.15) is 10.2 Å². The monoisotopic (exact) mass is 471 g/mol. The van der Waals surface area contributed by atoms with E-state index < -0.39 is 0 Å². The van der Waals surface area contributed by atoms with Crippen molar-refractivity contribution < 1.29 is 9.21 Å². The van der Waals surface area contributed by atoms with Gasteiger partial charge >= 0.3 is 0 Å². The van der Waals surface area contributed by atoms with Gasteiger partial charge in [0, 0.05) is 5.56 Å². The SMILES string of the molecule is Cc1nc(-c2ccccc2)sc1C(=O)c1nn(-c2ccccc2)/c(=N/N=C/c2ccco2)s1. The van der Waals surface area contributed by atoms with Crippen molar-refractivity contribution in [3.63, 3.8) is 0 Å². The lowest BCUT2D eigenvalue weighted by atomic mass is 10.2. The van der Waals surface area contributed by atoms with Crippen LogP contribution in [-0.2, 0) is 0 Å². The van der Waals surface area contributed by atoms with Crippen molar-refractivity contribution in [1.29, 1.82) is 0 Å². The van der Waals surface area contributed by atoms with E-state index in [1.54, 1.807) is 23.1 Å². The molecule has 3 aromatic heterocycles. The van der Waals surface area contributed by atoms with E-state index in [1.807, 2.05) is 67.6 Å². The third kappa shape index (κ3) is 4.50. The Morgan fingerprint density at radius 1 is 1.00 bits per heavy atom. The predicted octanol–water partition coefficient (Wildman–Crippen LogP) is 5.12. The maximum Gasteiger partial charge on any atom is 0.235 e. The highest BCUT2D eigenvalue weighted by Gasteiger charge is 2.22. The summed E-state index contributed by atoms with van der Waals surface area (Å²) in [5.74, 6) is 0.401. The predicted molar refractivity (Wildman–Crippen MR) is 129 cm³/mol. The second kappa shape index (κ2) is 9.27. The minimum absolute atomic E-state index is 0.182. The van der Waals surface area contributed by atoms with Gasteiger partial charge in [-0.3, -0.25) is 4.79 Å². The van der Waals surface area contributed by atoms with Crippen LogP contribution in [0.2, 0.25) is 0 Å². The van der Waals surface area contributed by atoms with E-state index in [2.05, 4.69) is 20.3 Å². The smallest absolute Gasteiger partial charge is 0.235 e. The molecule has 0 saturated carbocycles. The zero-order valence-corrected chi connectivity index (χ0v) is 19.1. The van der Waals surface area contributed by atoms with E-state index in [9.17, 15) is 4.79 Å². The first-order valence-corrected chi connectivity index (χ1v) is 11.7. The van der Waals surface area contributed by atoms with Crippen molar-refractivity contribution >= 4 is 34.7 Å². The number of hydrogen-bond acceptors (Lipinski definition) is 8. The molecule has 0 atom stereocenters. The van der Waals surface area contributed by atoms with Crippen LogP contribution >= 0.6 is 22.7 Å². The molecular weight excluding hydrogens is 454 g/mol. The number of para-hydroxylation sites is 1. The van der Waals surface area contributed by atoms with Gasteiger partial charge in [-0.25, -0.2) is 9.67 Å². The molecule has 0 aliphatic rings. The molecule has 5 aromatic rings. The largest absolute Gasteiger partial charge is 0.463 e. The zero-order chi connectivity index (χ0) is 22.6. The van der Waals surface area contributed by atoms with E-state index in [0.29, 0.717) is 26.1 Å². The molecule has 33 heavy (non-hydrogen) atoms. The second-order valence-electron chi connectivity index (χ2n) is 6.93. The first-order chi connectivity index (χ1) is 16.2. The van der Waals surface area contributed by atoms with Gasteiger partial charge in [-0.15, -0.1) is 16.4 Å². The van der Waals surface area contributed by atoms with Gasteiger partial charge in [0.25, 0.3) is 0 Å². The Morgan fingerprint density at radius 3 is 2.48 bits per heavy atom. The number of carbonyl (C=O) groups excluding carboxylic acids is 1. The van der Waals surface area contributed by atoms with Crippen LogP contribution in [0.3, 0.4) is 0 Å². The van der Waals surface area contributed by atoms with Crippen LogP contribution in [0.5, 0.6) is 0 Å². The summed E-state index contributed by atoms with van der Waals surface area (Å²) >= 11 is 2.55. The Morgan fingerprint density at radius 2 is 1.76 bits per heavy atom. The Hall–Kier alpha value is -3.95. The summed E-state index contributed by atoms with van der Waals surface area (Å²) in [7, 11) is 0. The van der Waals surface area contributed by atoms with Crippen LogP contribution in [0.4, 0.5) is 0 Å². The summed E-state index contributed by atoms with van der Waals surface area (Å²) in [6, 6.07) is 22.9. The van der Waals surface area contributed by atoms with Gasteiger partial charge in [-0.1, -0.05) is 59.9 Å². The fourth-order valence-corrected chi connectivity index (χ4v) is 4.97. The highest BCUT2D eigenvalue weighted by molar-refractivity contribution is 7.18. The van der Waals surface area contributed by atoms with Crippen LogP contribution in [0, 0.1) is 6.92 Å². The molecule has 0 fully saturated rings. The summed E-state index contributed by atoms with van der Waals surface area (Å²) in [5.41, 5.74) is 2.44. The summed E-state index contributed by atoms with van der Waals surface area (Å²) < 4.78 is 6.87. The molecule has 0 spiro atoms. The number of carbonyl (C=O) groups is 1. The first kappa shape index (κ1) is 20.9. The minimum Gasteiger partial charge on any atom is -0.463 e. The van der Waals surface area contributed by atoms with Crippen molar-refractivity contribution in [2.75, 3.05) is 0 Å². The van der Waals surface area contributed by atoms with Gasteiger partial charge in [0.05, 0.1) is 23.9 Å². The molecule has 0 radical (unpaired) electrons. The first-order valence-electron chi connectivity index (χ1n) is 10.0. The molecule has 0 saturated heterocycles. The molecule has 0 aliphatic heterocycles. The number of aryl methyl sites for hydroxylation is 1. The van der Waals surface area contributed by atoms with Crippen LogP contribution in [0.25, 0.3) is 16.3 Å². The van der Waals surface area contributed by atoms with E-state index in [4.69, 9.17) is 4.42 Å². The van der Waals surface area contributed by atoms with E-state index in [1.165, 1.54) is 28.9 Å². The van der Waals surface area contributed by atoms with Crippen LogP contribution in [0.1, 0.15) is 26.1 Å². The van der Waals surface area contributed by atoms with Crippen molar-refractivity contribution in [2.24, 2.45) is 10.2 Å². The number of aromatic nitrogens is 3. The summed E-state index contributed by atoms with van der Waals surface area (Å²) in [5, 5.41) is 14.1. The molecule has 2 aromatic carbocycles. The average Bonchev–Trinajstić information content (AvgIpc) is 3.60. The maximum absolute atomic E-state index is 13.4. The quantitative estimate of drug-likeness (QED) is 0.195. The topological polar surface area (TPSA) is 85.6 Å². The third-order valence-corrected chi connectivity index (χ3v) is 6.75. The van der Waals surface area contributed by atoms with Crippen molar-refractivity contribution in [1.82, 2.24) is 14.8 Å². The molecule has 0 N–H and O–H groups in total. The lowest BCUT2D eigenvalue weighted by molar-refractivity contribution is 0.104. The highest BCUT2D eigenvalue weighted by atomic mass is 32.1. The number of ketones is 1. The zero-order valence-electron chi connectivity index (χ0n) is 17.5. The lowest BCUT2D eigenvalue weighted by Crippen LogP contribution is -2.14. The highest BCUT2D eigenvalue weighted by Crippen LogP contribution is 2.29. The molecule has 0 bridgehead atoms. The van der Waals surface area contributed by atoms with Gasteiger partial charge in [0.15, 0.2) is 5.01 Å². The van der Waals surface area contributed by atoms with Crippen molar-refractivity contribution in [2.45, 2.75) is 6.92 Å². The summed E-state index contributed by atoms with van der Waals surface area (Å²) in [6.07, 6.45) is 3.08. The molecule has 7 nitrogen and oxygen atoms in total. The number of nitrogens with zero attached hydrogens (tertiary/aromatic N) is 5. The molecule has 0 unspecified atom stereocenters. The fraction of sp³-hybridized carbons (Fsp3) is 0.0417. The summed E-state index contributed by atoms with van der Waals surface area (Å²) in [6.45, 7) is 1.84.